The molecular formula is C63H129N2O6P. The molecule has 0 heterocycles. The van der Waals surface area contributed by atoms with Crippen molar-refractivity contribution in [2.24, 2.45) is 0 Å². The SMILES string of the molecule is CCCCCCCCCCCCCCCCCCCCCCCCCCCCCCCCCC(O)C(COP(=O)([O-])OCC[N+](C)(C)C)NC(=O)CCCCCCCCCCCCCCCCCCCCC. The molecule has 0 aromatic rings. The van der Waals surface area contributed by atoms with E-state index in [0.717, 1.165) is 38.5 Å². The van der Waals surface area contributed by atoms with Crippen LogP contribution in [-0.2, 0) is 18.4 Å². The number of quaternary nitrogens is 1. The summed E-state index contributed by atoms with van der Waals surface area (Å²) in [5, 5.41) is 14.1. The van der Waals surface area contributed by atoms with Gasteiger partial charge in [-0.3, -0.25) is 9.36 Å². The second-order valence-corrected chi connectivity index (χ2v) is 25.3. The largest absolute Gasteiger partial charge is 0.756 e. The van der Waals surface area contributed by atoms with Crippen molar-refractivity contribution in [3.63, 3.8) is 0 Å². The number of carbonyl (C=O) groups excluding carboxylic acids is 1. The normalized spacial score (nSPS) is 13.7. The Bertz CT molecular complexity index is 1140. The lowest BCUT2D eigenvalue weighted by molar-refractivity contribution is -0.870. The molecule has 0 fully saturated rings. The van der Waals surface area contributed by atoms with Crippen molar-refractivity contribution in [2.45, 2.75) is 360 Å². The minimum atomic E-state index is -4.57. The van der Waals surface area contributed by atoms with E-state index in [1.54, 1.807) is 0 Å². The molecule has 432 valence electrons. The zero-order chi connectivity index (χ0) is 52.7. The fourth-order valence-corrected chi connectivity index (χ4v) is 11.0. The van der Waals surface area contributed by atoms with E-state index in [0.29, 0.717) is 23.9 Å². The summed E-state index contributed by atoms with van der Waals surface area (Å²) in [4.78, 5) is 25.6. The minimum Gasteiger partial charge on any atom is -0.756 e. The lowest BCUT2D eigenvalue weighted by Crippen LogP contribution is -2.46. The third kappa shape index (κ3) is 57.2. The van der Waals surface area contributed by atoms with E-state index in [2.05, 4.69) is 19.2 Å². The average molecular weight is 1040 g/mol. The standard InChI is InChI=1S/C63H129N2O6P/c1-6-8-10-12-14-16-18-20-22-24-26-27-28-29-30-31-32-33-34-35-36-37-39-40-42-44-46-48-50-52-54-56-62(66)61(60-71-72(68,69)70-59-58-65(3,4)5)64-63(67)57-55-53-51-49-47-45-43-41-38-25-23-21-19-17-15-13-11-9-7-2/h61-62,66H,6-60H2,1-5H3,(H-,64,67,68,69). The molecule has 0 aliphatic heterocycles. The molecule has 0 rings (SSSR count). The molecule has 3 unspecified atom stereocenters. The summed E-state index contributed by atoms with van der Waals surface area (Å²) in [6.45, 7) is 4.79. The van der Waals surface area contributed by atoms with Crippen molar-refractivity contribution in [2.75, 3.05) is 40.9 Å². The van der Waals surface area contributed by atoms with Gasteiger partial charge in [-0.05, 0) is 12.8 Å². The van der Waals surface area contributed by atoms with Crippen molar-refractivity contribution < 1.29 is 32.9 Å². The van der Waals surface area contributed by atoms with E-state index in [9.17, 15) is 19.4 Å². The molecule has 0 aromatic carbocycles. The second-order valence-electron chi connectivity index (χ2n) is 23.8. The van der Waals surface area contributed by atoms with Crippen LogP contribution in [0.2, 0.25) is 0 Å². The number of phosphoric ester groups is 1. The molecule has 2 N–H and O–H groups in total. The lowest BCUT2D eigenvalue weighted by Gasteiger charge is -2.30. The predicted octanol–water partition coefficient (Wildman–Crippen LogP) is 19.4. The molecule has 0 bridgehead atoms. The van der Waals surface area contributed by atoms with Gasteiger partial charge in [0.05, 0.1) is 39.9 Å². The van der Waals surface area contributed by atoms with Crippen LogP contribution in [0.1, 0.15) is 348 Å². The predicted molar refractivity (Wildman–Crippen MR) is 312 cm³/mol. The first kappa shape index (κ1) is 71.5. The van der Waals surface area contributed by atoms with Crippen LogP contribution in [0.5, 0.6) is 0 Å². The third-order valence-electron chi connectivity index (χ3n) is 15.3. The van der Waals surface area contributed by atoms with Crippen LogP contribution in [0, 0.1) is 0 Å². The van der Waals surface area contributed by atoms with Gasteiger partial charge in [-0.15, -0.1) is 0 Å². The number of likely N-dealkylation sites (N-methyl/N-ethyl adjacent to an activating group) is 1. The maximum atomic E-state index is 13.0. The number of hydrogen-bond donors (Lipinski definition) is 2. The van der Waals surface area contributed by atoms with Crippen molar-refractivity contribution in [3.8, 4) is 0 Å². The van der Waals surface area contributed by atoms with Crippen LogP contribution in [0.25, 0.3) is 0 Å². The van der Waals surface area contributed by atoms with E-state index in [-0.39, 0.29) is 19.1 Å². The number of rotatable bonds is 61. The number of nitrogens with one attached hydrogen (secondary N) is 1. The zero-order valence-electron chi connectivity index (χ0n) is 49.4. The van der Waals surface area contributed by atoms with Crippen LogP contribution in [0.15, 0.2) is 0 Å². The summed E-state index contributed by atoms with van der Waals surface area (Å²) in [6.07, 6.45) is 67.3. The van der Waals surface area contributed by atoms with E-state index in [1.807, 2.05) is 21.1 Å². The Kier molecular flexibility index (Phi) is 54.9. The van der Waals surface area contributed by atoms with Gasteiger partial charge in [0.25, 0.3) is 7.82 Å². The Morgan fingerprint density at radius 2 is 0.681 bits per heavy atom. The summed E-state index contributed by atoms with van der Waals surface area (Å²) in [7, 11) is 1.33. The first-order valence-corrected chi connectivity index (χ1v) is 33.8. The molecule has 0 saturated heterocycles. The molecule has 0 spiro atoms. The number of phosphoric acid groups is 1. The maximum Gasteiger partial charge on any atom is 0.268 e. The molecule has 3 atom stereocenters. The number of amides is 1. The van der Waals surface area contributed by atoms with E-state index in [1.165, 1.54) is 283 Å². The molecule has 8 nitrogen and oxygen atoms in total. The highest BCUT2D eigenvalue weighted by molar-refractivity contribution is 7.45. The zero-order valence-corrected chi connectivity index (χ0v) is 50.3. The average Bonchev–Trinajstić information content (AvgIpc) is 3.34. The van der Waals surface area contributed by atoms with Crippen LogP contribution >= 0.6 is 7.82 Å². The molecule has 0 aromatic heterocycles. The topological polar surface area (TPSA) is 108 Å². The highest BCUT2D eigenvalue weighted by Gasteiger charge is 2.24. The molecule has 0 saturated carbocycles. The van der Waals surface area contributed by atoms with Crippen molar-refractivity contribution >= 4 is 13.7 Å². The fraction of sp³-hybridized carbons (Fsp3) is 0.984. The molecular weight excluding hydrogens is 912 g/mol. The molecule has 0 aliphatic carbocycles. The summed E-state index contributed by atoms with van der Waals surface area (Å²) >= 11 is 0. The first-order chi connectivity index (χ1) is 35.0. The highest BCUT2D eigenvalue weighted by atomic mass is 31.2. The molecule has 0 aliphatic rings. The van der Waals surface area contributed by atoms with Gasteiger partial charge in [-0.1, -0.05) is 328 Å². The highest BCUT2D eigenvalue weighted by Crippen LogP contribution is 2.38. The van der Waals surface area contributed by atoms with Gasteiger partial charge in [0.15, 0.2) is 0 Å². The molecule has 9 heteroatoms. The van der Waals surface area contributed by atoms with E-state index >= 15 is 0 Å². The van der Waals surface area contributed by atoms with Gasteiger partial charge in [0.2, 0.25) is 5.91 Å². The summed E-state index contributed by atoms with van der Waals surface area (Å²) < 4.78 is 23.5. The number of carbonyl (C=O) groups is 1. The Morgan fingerprint density at radius 1 is 0.431 bits per heavy atom. The Morgan fingerprint density at radius 3 is 0.944 bits per heavy atom. The Balaban J connectivity index is 4.00. The van der Waals surface area contributed by atoms with E-state index in [4.69, 9.17) is 9.05 Å². The van der Waals surface area contributed by atoms with Gasteiger partial charge in [-0.25, -0.2) is 0 Å². The van der Waals surface area contributed by atoms with Gasteiger partial charge in [0, 0.05) is 6.42 Å². The van der Waals surface area contributed by atoms with Gasteiger partial charge < -0.3 is 28.8 Å². The van der Waals surface area contributed by atoms with Gasteiger partial charge in [0.1, 0.15) is 13.2 Å². The number of unbranched alkanes of at least 4 members (excludes halogenated alkanes) is 48. The smallest absolute Gasteiger partial charge is 0.268 e. The Hall–Kier alpha value is -0.500. The Labute approximate surface area is 450 Å². The molecule has 0 radical (unpaired) electrons. The minimum absolute atomic E-state index is 0.0168. The van der Waals surface area contributed by atoms with E-state index < -0.39 is 20.0 Å². The van der Waals surface area contributed by atoms with Crippen molar-refractivity contribution in [3.05, 3.63) is 0 Å². The number of hydrogen-bond acceptors (Lipinski definition) is 6. The van der Waals surface area contributed by atoms with Crippen LogP contribution in [0.4, 0.5) is 0 Å². The molecule has 72 heavy (non-hydrogen) atoms. The van der Waals surface area contributed by atoms with Gasteiger partial charge >= 0.3 is 0 Å². The summed E-state index contributed by atoms with van der Waals surface area (Å²) in [5.41, 5.74) is 0. The van der Waals surface area contributed by atoms with Crippen LogP contribution < -0.4 is 10.2 Å². The van der Waals surface area contributed by atoms with Crippen molar-refractivity contribution in [1.29, 1.82) is 0 Å². The summed E-state index contributed by atoms with van der Waals surface area (Å²) in [5.74, 6) is -0.155. The number of aliphatic hydroxyl groups excluding tert-OH is 1. The lowest BCUT2D eigenvalue weighted by atomic mass is 10.0. The summed E-state index contributed by atoms with van der Waals surface area (Å²) in [6, 6.07) is -0.796. The maximum absolute atomic E-state index is 13.0. The monoisotopic (exact) mass is 1040 g/mol. The number of nitrogens with zero attached hydrogens (tertiary/aromatic N) is 1. The first-order valence-electron chi connectivity index (χ1n) is 32.4. The third-order valence-corrected chi connectivity index (χ3v) is 16.3. The van der Waals surface area contributed by atoms with Crippen LogP contribution in [-0.4, -0.2) is 68.5 Å². The fourth-order valence-electron chi connectivity index (χ4n) is 10.3. The van der Waals surface area contributed by atoms with Crippen LogP contribution in [0.3, 0.4) is 0 Å². The van der Waals surface area contributed by atoms with Gasteiger partial charge in [-0.2, -0.15) is 0 Å². The quantitative estimate of drug-likeness (QED) is 0.0357. The second kappa shape index (κ2) is 55.3. The molecule has 1 amide bonds. The number of aliphatic hydroxyl groups is 1. The van der Waals surface area contributed by atoms with Crippen molar-refractivity contribution in [1.82, 2.24) is 5.32 Å².